The molecule has 0 amide bonds. The highest BCUT2D eigenvalue weighted by Crippen LogP contribution is 2.34. The van der Waals surface area contributed by atoms with Gasteiger partial charge in [0.15, 0.2) is 0 Å². The van der Waals surface area contributed by atoms with E-state index in [0.717, 1.165) is 11.1 Å². The minimum Gasteiger partial charge on any atom is -0.465 e. The van der Waals surface area contributed by atoms with E-state index in [1.54, 1.807) is 13.0 Å². The summed E-state index contributed by atoms with van der Waals surface area (Å²) in [5.41, 5.74) is 1.39. The molecule has 130 valence electrons. The van der Waals surface area contributed by atoms with Gasteiger partial charge in [-0.1, -0.05) is 29.8 Å². The van der Waals surface area contributed by atoms with Gasteiger partial charge in [0.2, 0.25) is 0 Å². The Kier molecular flexibility index (Phi) is 5.78. The van der Waals surface area contributed by atoms with Crippen LogP contribution in [0, 0.1) is 0 Å². The van der Waals surface area contributed by atoms with Crippen LogP contribution >= 0.6 is 34.7 Å². The van der Waals surface area contributed by atoms with E-state index in [4.69, 9.17) is 16.3 Å². The van der Waals surface area contributed by atoms with Gasteiger partial charge < -0.3 is 9.72 Å². The van der Waals surface area contributed by atoms with Gasteiger partial charge in [-0.25, -0.2) is 4.98 Å². The lowest BCUT2D eigenvalue weighted by atomic mass is 10.1. The fraction of sp³-hybridized carbons (Fsp3) is 0.235. The van der Waals surface area contributed by atoms with Gasteiger partial charge in [0.25, 0.3) is 5.56 Å². The first-order valence-electron chi connectivity index (χ1n) is 7.58. The zero-order valence-electron chi connectivity index (χ0n) is 13.4. The van der Waals surface area contributed by atoms with Gasteiger partial charge >= 0.3 is 5.97 Å². The number of halogens is 1. The van der Waals surface area contributed by atoms with E-state index in [1.165, 1.54) is 23.1 Å². The Labute approximate surface area is 157 Å². The Morgan fingerprint density at radius 3 is 2.92 bits per heavy atom. The number of rotatable bonds is 6. The average molecular weight is 395 g/mol. The third kappa shape index (κ3) is 4.05. The Morgan fingerprint density at radius 2 is 2.16 bits per heavy atom. The van der Waals surface area contributed by atoms with Gasteiger partial charge in [0, 0.05) is 21.5 Å². The number of benzene rings is 1. The number of nitrogens with one attached hydrogen (secondary N) is 1. The summed E-state index contributed by atoms with van der Waals surface area (Å²) in [6.07, 6.45) is 0. The van der Waals surface area contributed by atoms with Crippen molar-refractivity contribution < 1.29 is 9.53 Å². The number of thioether (sulfide) groups is 1. The zero-order chi connectivity index (χ0) is 17.8. The van der Waals surface area contributed by atoms with E-state index >= 15 is 0 Å². The van der Waals surface area contributed by atoms with Crippen LogP contribution in [0.15, 0.2) is 34.4 Å². The molecular formula is C17H15ClN2O3S2. The van der Waals surface area contributed by atoms with Crippen LogP contribution in [0.1, 0.15) is 12.7 Å². The molecule has 0 fully saturated rings. The van der Waals surface area contributed by atoms with Crippen molar-refractivity contribution in [1.82, 2.24) is 9.97 Å². The second-order valence-electron chi connectivity index (χ2n) is 5.12. The smallest absolute Gasteiger partial charge is 0.315 e. The second-order valence-corrected chi connectivity index (χ2v) is 7.37. The van der Waals surface area contributed by atoms with Crippen LogP contribution in [0.4, 0.5) is 0 Å². The van der Waals surface area contributed by atoms with Crippen molar-refractivity contribution in [3.05, 3.63) is 50.8 Å². The Hall–Kier alpha value is -1.83. The lowest BCUT2D eigenvalue weighted by molar-refractivity contribution is -0.139. The first-order valence-corrected chi connectivity index (χ1v) is 10.00. The van der Waals surface area contributed by atoms with E-state index in [0.29, 0.717) is 33.4 Å². The van der Waals surface area contributed by atoms with Gasteiger partial charge in [-0.15, -0.1) is 23.1 Å². The highest BCUT2D eigenvalue weighted by molar-refractivity contribution is 7.99. The molecule has 25 heavy (non-hydrogen) atoms. The lowest BCUT2D eigenvalue weighted by Gasteiger charge is -2.04. The van der Waals surface area contributed by atoms with Crippen molar-refractivity contribution in [1.29, 1.82) is 0 Å². The van der Waals surface area contributed by atoms with Crippen LogP contribution < -0.4 is 5.56 Å². The maximum Gasteiger partial charge on any atom is 0.315 e. The molecule has 8 heteroatoms. The zero-order valence-corrected chi connectivity index (χ0v) is 15.8. The summed E-state index contributed by atoms with van der Waals surface area (Å²) in [7, 11) is 0. The van der Waals surface area contributed by atoms with Crippen LogP contribution in [0.2, 0.25) is 5.02 Å². The molecule has 0 saturated carbocycles. The van der Waals surface area contributed by atoms with Crippen LogP contribution in [0.25, 0.3) is 21.3 Å². The summed E-state index contributed by atoms with van der Waals surface area (Å²) < 4.78 is 4.87. The highest BCUT2D eigenvalue weighted by Gasteiger charge is 2.15. The van der Waals surface area contributed by atoms with Crippen LogP contribution in [-0.4, -0.2) is 28.3 Å². The van der Waals surface area contributed by atoms with Crippen molar-refractivity contribution in [2.24, 2.45) is 0 Å². The van der Waals surface area contributed by atoms with Crippen molar-refractivity contribution in [3.63, 3.8) is 0 Å². The quantitative estimate of drug-likeness (QED) is 0.637. The van der Waals surface area contributed by atoms with Crippen LogP contribution in [0.3, 0.4) is 0 Å². The molecule has 1 aromatic carbocycles. The summed E-state index contributed by atoms with van der Waals surface area (Å²) in [6.45, 7) is 2.13. The molecule has 0 radical (unpaired) electrons. The van der Waals surface area contributed by atoms with Gasteiger partial charge in [0.05, 0.1) is 23.5 Å². The number of carbonyl (C=O) groups is 1. The Bertz CT molecular complexity index is 968. The molecule has 0 spiro atoms. The number of fused-ring (bicyclic) bond motifs is 1. The van der Waals surface area contributed by atoms with Crippen LogP contribution in [0.5, 0.6) is 0 Å². The number of esters is 1. The minimum atomic E-state index is -0.270. The highest BCUT2D eigenvalue weighted by atomic mass is 35.5. The van der Waals surface area contributed by atoms with E-state index in [1.807, 2.05) is 23.6 Å². The normalized spacial score (nSPS) is 11.0. The molecule has 0 aliphatic carbocycles. The second kappa shape index (κ2) is 8.03. The third-order valence-electron chi connectivity index (χ3n) is 3.42. The molecule has 1 N–H and O–H groups in total. The molecule has 0 saturated heterocycles. The molecule has 0 aliphatic rings. The predicted molar refractivity (Wildman–Crippen MR) is 103 cm³/mol. The molecule has 0 bridgehead atoms. The van der Waals surface area contributed by atoms with Crippen LogP contribution in [-0.2, 0) is 15.3 Å². The van der Waals surface area contributed by atoms with Crippen molar-refractivity contribution in [2.75, 3.05) is 12.4 Å². The summed E-state index contributed by atoms with van der Waals surface area (Å²) in [5, 5.41) is 3.02. The largest absolute Gasteiger partial charge is 0.465 e. The number of aromatic nitrogens is 2. The third-order valence-corrected chi connectivity index (χ3v) is 5.54. The number of thiophene rings is 1. The van der Waals surface area contributed by atoms with Gasteiger partial charge in [-0.3, -0.25) is 9.59 Å². The Balaban J connectivity index is 1.86. The molecule has 2 aromatic heterocycles. The fourth-order valence-electron chi connectivity index (χ4n) is 2.37. The van der Waals surface area contributed by atoms with E-state index in [-0.39, 0.29) is 17.3 Å². The first-order chi connectivity index (χ1) is 12.1. The number of ether oxygens (including phenoxy) is 1. The van der Waals surface area contributed by atoms with E-state index in [2.05, 4.69) is 9.97 Å². The maximum atomic E-state index is 12.5. The van der Waals surface area contributed by atoms with Crippen molar-refractivity contribution >= 4 is 50.9 Å². The number of aromatic amines is 1. The first kappa shape index (κ1) is 18.0. The molecule has 3 rings (SSSR count). The molecular weight excluding hydrogens is 380 g/mol. The predicted octanol–water partition coefficient (Wildman–Crippen LogP) is 4.10. The fourth-order valence-corrected chi connectivity index (χ4v) is 4.25. The summed E-state index contributed by atoms with van der Waals surface area (Å²) in [6, 6.07) is 7.41. The molecule has 0 unspecified atom stereocenters. The number of carbonyl (C=O) groups excluding carboxylic acids is 1. The lowest BCUT2D eigenvalue weighted by Crippen LogP contribution is -2.12. The van der Waals surface area contributed by atoms with Gasteiger partial charge in [-0.2, -0.15) is 0 Å². The van der Waals surface area contributed by atoms with Crippen molar-refractivity contribution in [2.45, 2.75) is 12.7 Å². The molecule has 0 atom stereocenters. The van der Waals surface area contributed by atoms with Gasteiger partial charge in [-0.05, 0) is 13.0 Å². The van der Waals surface area contributed by atoms with E-state index < -0.39 is 0 Å². The molecule has 2 heterocycles. The average Bonchev–Trinajstić information content (AvgIpc) is 3.00. The monoisotopic (exact) mass is 394 g/mol. The number of hydrogen-bond donors (Lipinski definition) is 1. The number of nitrogens with zero attached hydrogens (tertiary/aromatic N) is 1. The van der Waals surface area contributed by atoms with Crippen molar-refractivity contribution in [3.8, 4) is 11.1 Å². The summed E-state index contributed by atoms with van der Waals surface area (Å²) in [5.74, 6) is 0.932. The minimum absolute atomic E-state index is 0.201. The number of H-pyrrole nitrogens is 1. The standard InChI is InChI=1S/C17H15ClN2O3S2/c1-2-23-14(21)9-24-8-13-19-16(22)15-11(7-25-17(15)20-13)10-5-3-4-6-12(10)18/h3-7H,2,8-9H2,1H3,(H,19,20,22). The maximum absolute atomic E-state index is 12.5. The van der Waals surface area contributed by atoms with E-state index in [9.17, 15) is 9.59 Å². The Morgan fingerprint density at radius 1 is 1.36 bits per heavy atom. The van der Waals surface area contributed by atoms with Gasteiger partial charge in [0.1, 0.15) is 10.7 Å². The molecule has 0 aliphatic heterocycles. The summed E-state index contributed by atoms with van der Waals surface area (Å²) in [4.78, 5) is 31.8. The number of hydrogen-bond acceptors (Lipinski definition) is 6. The summed E-state index contributed by atoms with van der Waals surface area (Å²) >= 11 is 9.01. The topological polar surface area (TPSA) is 72.0 Å². The SMILES string of the molecule is CCOC(=O)CSCc1nc2scc(-c3ccccc3Cl)c2c(=O)[nH]1. The molecule has 3 aromatic rings. The molecule has 5 nitrogen and oxygen atoms in total.